The van der Waals surface area contributed by atoms with Gasteiger partial charge in [-0.25, -0.2) is 9.18 Å². The lowest BCUT2D eigenvalue weighted by atomic mass is 9.87. The van der Waals surface area contributed by atoms with Crippen molar-refractivity contribution in [3.63, 3.8) is 0 Å². The van der Waals surface area contributed by atoms with Gasteiger partial charge in [0, 0.05) is 6.92 Å². The number of esters is 1. The first-order valence-corrected chi connectivity index (χ1v) is 4.39. The van der Waals surface area contributed by atoms with Crippen LogP contribution in [-0.4, -0.2) is 39.9 Å². The Labute approximate surface area is 91.0 Å². The van der Waals surface area contributed by atoms with E-state index in [4.69, 9.17) is 10.2 Å². The average molecular weight is 236 g/mol. The minimum Gasteiger partial charge on any atom is -0.481 e. The van der Waals surface area contributed by atoms with Gasteiger partial charge < -0.3 is 14.9 Å². The zero-order valence-electron chi connectivity index (χ0n) is 9.06. The van der Waals surface area contributed by atoms with Gasteiger partial charge in [-0.2, -0.15) is 0 Å². The van der Waals surface area contributed by atoms with E-state index < -0.39 is 35.6 Å². The molecule has 0 amide bonds. The average Bonchev–Trinajstić information content (AvgIpc) is 1.97. The summed E-state index contributed by atoms with van der Waals surface area (Å²) < 4.78 is 17.8. The summed E-state index contributed by atoms with van der Waals surface area (Å²) in [6, 6.07) is 0. The minimum absolute atomic E-state index is 0.908. The highest BCUT2D eigenvalue weighted by molar-refractivity contribution is 5.84. The van der Waals surface area contributed by atoms with Gasteiger partial charge in [-0.15, -0.1) is 0 Å². The van der Waals surface area contributed by atoms with Crippen molar-refractivity contribution in [1.29, 1.82) is 0 Å². The second-order valence-corrected chi connectivity index (χ2v) is 3.75. The Hall–Kier alpha value is -1.66. The third-order valence-electron chi connectivity index (χ3n) is 1.84. The standard InChI is InChI=1S/C9H13FO6/c1-4(11)16-6(8(14)15)5(7(12)13)9(2,3)10/h5-6H,1-3H3,(H,12,13)(H,14,15)/t5-,6+/m0/s1. The molecule has 92 valence electrons. The fraction of sp³-hybridized carbons (Fsp3) is 0.667. The molecular formula is C9H13FO6. The van der Waals surface area contributed by atoms with Crippen LogP contribution in [0.25, 0.3) is 0 Å². The molecule has 16 heavy (non-hydrogen) atoms. The maximum atomic E-state index is 13.5. The van der Waals surface area contributed by atoms with Crippen molar-refractivity contribution in [3.05, 3.63) is 0 Å². The lowest BCUT2D eigenvalue weighted by molar-refractivity contribution is -0.177. The first kappa shape index (κ1) is 14.3. The highest BCUT2D eigenvalue weighted by Crippen LogP contribution is 2.27. The predicted octanol–water partition coefficient (Wildman–Crippen LogP) is 0.452. The Morgan fingerprint density at radius 3 is 1.81 bits per heavy atom. The van der Waals surface area contributed by atoms with Crippen LogP contribution >= 0.6 is 0 Å². The van der Waals surface area contributed by atoms with Gasteiger partial charge in [0.15, 0.2) is 0 Å². The van der Waals surface area contributed by atoms with Crippen LogP contribution in [0.1, 0.15) is 20.8 Å². The van der Waals surface area contributed by atoms with Crippen LogP contribution in [0.5, 0.6) is 0 Å². The quantitative estimate of drug-likeness (QED) is 0.672. The largest absolute Gasteiger partial charge is 0.481 e. The van der Waals surface area contributed by atoms with Gasteiger partial charge in [0.1, 0.15) is 11.6 Å². The van der Waals surface area contributed by atoms with Crippen molar-refractivity contribution in [3.8, 4) is 0 Å². The number of carbonyl (C=O) groups excluding carboxylic acids is 1. The molecule has 0 aliphatic heterocycles. The lowest BCUT2D eigenvalue weighted by Gasteiger charge is -2.27. The van der Waals surface area contributed by atoms with Crippen LogP contribution in [0.15, 0.2) is 0 Å². The van der Waals surface area contributed by atoms with Crippen LogP contribution in [0.3, 0.4) is 0 Å². The van der Waals surface area contributed by atoms with Gasteiger partial charge >= 0.3 is 17.9 Å². The number of hydrogen-bond acceptors (Lipinski definition) is 4. The number of carboxylic acids is 2. The Balaban J connectivity index is 5.19. The summed E-state index contributed by atoms with van der Waals surface area (Å²) >= 11 is 0. The van der Waals surface area contributed by atoms with Gasteiger partial charge in [0.2, 0.25) is 6.10 Å². The normalized spacial score (nSPS) is 15.0. The van der Waals surface area contributed by atoms with Crippen LogP contribution in [-0.2, 0) is 19.1 Å². The fourth-order valence-corrected chi connectivity index (χ4v) is 1.22. The summed E-state index contributed by atoms with van der Waals surface area (Å²) in [7, 11) is 0. The Bertz CT molecular complexity index is 306. The van der Waals surface area contributed by atoms with Crippen molar-refractivity contribution in [2.24, 2.45) is 5.92 Å². The van der Waals surface area contributed by atoms with E-state index in [2.05, 4.69) is 4.74 Å². The van der Waals surface area contributed by atoms with Crippen LogP contribution in [0.4, 0.5) is 4.39 Å². The van der Waals surface area contributed by atoms with Crippen molar-refractivity contribution in [2.45, 2.75) is 32.5 Å². The van der Waals surface area contributed by atoms with E-state index in [1.807, 2.05) is 0 Å². The molecule has 0 saturated heterocycles. The van der Waals surface area contributed by atoms with E-state index in [1.165, 1.54) is 0 Å². The molecule has 0 aliphatic rings. The molecule has 0 unspecified atom stereocenters. The number of alkyl halides is 1. The second kappa shape index (κ2) is 4.91. The molecule has 0 aromatic heterocycles. The number of aliphatic carboxylic acids is 2. The maximum absolute atomic E-state index is 13.5. The molecule has 0 bridgehead atoms. The predicted molar refractivity (Wildman–Crippen MR) is 49.5 cm³/mol. The van der Waals surface area contributed by atoms with Crippen LogP contribution in [0.2, 0.25) is 0 Å². The van der Waals surface area contributed by atoms with Crippen LogP contribution < -0.4 is 0 Å². The second-order valence-electron chi connectivity index (χ2n) is 3.75. The molecule has 0 aliphatic carbocycles. The van der Waals surface area contributed by atoms with E-state index in [0.29, 0.717) is 0 Å². The monoisotopic (exact) mass is 236 g/mol. The maximum Gasteiger partial charge on any atom is 0.346 e. The van der Waals surface area contributed by atoms with E-state index in [-0.39, 0.29) is 0 Å². The van der Waals surface area contributed by atoms with Crippen molar-refractivity contribution in [1.82, 2.24) is 0 Å². The SMILES string of the molecule is CC(=O)O[C@@H](C(=O)O)[C@@H](C(=O)O)C(C)(C)F. The van der Waals surface area contributed by atoms with Crippen molar-refractivity contribution in [2.75, 3.05) is 0 Å². The van der Waals surface area contributed by atoms with Crippen molar-refractivity contribution >= 4 is 17.9 Å². The molecule has 0 saturated carbocycles. The summed E-state index contributed by atoms with van der Waals surface area (Å²) in [6.07, 6.45) is -2.05. The molecule has 2 atom stereocenters. The van der Waals surface area contributed by atoms with Gasteiger partial charge in [-0.05, 0) is 13.8 Å². The Morgan fingerprint density at radius 2 is 1.62 bits per heavy atom. The Kier molecular flexibility index (Phi) is 4.40. The summed E-state index contributed by atoms with van der Waals surface area (Å²) in [5.41, 5.74) is -2.33. The molecule has 0 rings (SSSR count). The van der Waals surface area contributed by atoms with Crippen molar-refractivity contribution < 1.29 is 33.7 Å². The molecule has 6 nitrogen and oxygen atoms in total. The zero-order chi connectivity index (χ0) is 13.1. The molecule has 0 radical (unpaired) electrons. The van der Waals surface area contributed by atoms with E-state index >= 15 is 0 Å². The third-order valence-corrected chi connectivity index (χ3v) is 1.84. The summed E-state index contributed by atoms with van der Waals surface area (Å²) in [4.78, 5) is 32.1. The lowest BCUT2D eigenvalue weighted by Crippen LogP contribution is -2.47. The number of hydrogen-bond donors (Lipinski definition) is 2. The molecule has 7 heteroatoms. The fourth-order valence-electron chi connectivity index (χ4n) is 1.22. The highest BCUT2D eigenvalue weighted by atomic mass is 19.1. The first-order chi connectivity index (χ1) is 7.07. The van der Waals surface area contributed by atoms with E-state index in [1.54, 1.807) is 0 Å². The minimum atomic E-state index is -2.33. The van der Waals surface area contributed by atoms with E-state index in [0.717, 1.165) is 20.8 Å². The first-order valence-electron chi connectivity index (χ1n) is 4.39. The summed E-state index contributed by atoms with van der Waals surface area (Å²) in [5, 5.41) is 17.4. The molecule has 0 heterocycles. The number of ether oxygens (including phenoxy) is 1. The smallest absolute Gasteiger partial charge is 0.346 e. The molecule has 2 N–H and O–H groups in total. The molecular weight excluding hydrogens is 223 g/mol. The van der Waals surface area contributed by atoms with Gasteiger partial charge in [-0.1, -0.05) is 0 Å². The number of carbonyl (C=O) groups is 3. The highest BCUT2D eigenvalue weighted by Gasteiger charge is 2.47. The van der Waals surface area contributed by atoms with Gasteiger partial charge in [0.25, 0.3) is 0 Å². The topological polar surface area (TPSA) is 101 Å². The Morgan fingerprint density at radius 1 is 1.19 bits per heavy atom. The van der Waals surface area contributed by atoms with E-state index in [9.17, 15) is 18.8 Å². The summed E-state index contributed by atoms with van der Waals surface area (Å²) in [6.45, 7) is 2.73. The van der Waals surface area contributed by atoms with Gasteiger partial charge in [0.05, 0.1) is 0 Å². The number of rotatable bonds is 5. The third kappa shape index (κ3) is 3.84. The number of carboxylic acid groups (broad SMARTS) is 2. The molecule has 0 fully saturated rings. The van der Waals surface area contributed by atoms with Gasteiger partial charge in [-0.3, -0.25) is 9.59 Å². The summed E-state index contributed by atoms with van der Waals surface area (Å²) in [5.74, 6) is -6.33. The molecule has 0 spiro atoms. The molecule has 0 aromatic rings. The molecule has 0 aromatic carbocycles. The van der Waals surface area contributed by atoms with Crippen LogP contribution in [0, 0.1) is 5.92 Å². The number of halogens is 1. The zero-order valence-corrected chi connectivity index (χ0v) is 9.06.